The monoisotopic (exact) mass is 397 g/mol. The maximum Gasteiger partial charge on any atom is 0.416 e. The van der Waals surface area contributed by atoms with E-state index in [-0.39, 0.29) is 17.3 Å². The molecule has 0 radical (unpaired) electrons. The van der Waals surface area contributed by atoms with Gasteiger partial charge in [0.25, 0.3) is 0 Å². The number of phenols is 1. The van der Waals surface area contributed by atoms with Crippen molar-refractivity contribution in [2.45, 2.75) is 56.8 Å². The first-order valence-electron chi connectivity index (χ1n) is 9.02. The zero-order valence-corrected chi connectivity index (χ0v) is 15.1. The minimum atomic E-state index is -4.76. The average Bonchev–Trinajstić information content (AvgIpc) is 3.03. The van der Waals surface area contributed by atoms with Crippen molar-refractivity contribution in [1.29, 1.82) is 0 Å². The highest BCUT2D eigenvalue weighted by Crippen LogP contribution is 2.42. The summed E-state index contributed by atoms with van der Waals surface area (Å²) in [5.74, 6) is -1.46. The molecule has 0 amide bonds. The van der Waals surface area contributed by atoms with Crippen molar-refractivity contribution in [2.24, 2.45) is 0 Å². The molecular formula is C19H19F4N3O2. The highest BCUT2D eigenvalue weighted by atomic mass is 19.4. The molecule has 1 aromatic heterocycles. The lowest BCUT2D eigenvalue weighted by atomic mass is 9.77. The number of anilines is 1. The van der Waals surface area contributed by atoms with Gasteiger partial charge < -0.3 is 15.5 Å². The summed E-state index contributed by atoms with van der Waals surface area (Å²) in [7, 11) is 0. The van der Waals surface area contributed by atoms with E-state index in [0.29, 0.717) is 49.2 Å². The normalized spacial score (nSPS) is 24.0. The van der Waals surface area contributed by atoms with Crippen molar-refractivity contribution >= 4 is 5.82 Å². The first-order chi connectivity index (χ1) is 13.0. The number of aromatic nitrogens is 2. The minimum Gasteiger partial charge on any atom is -0.507 e. The van der Waals surface area contributed by atoms with Crippen LogP contribution in [-0.4, -0.2) is 32.1 Å². The third kappa shape index (κ3) is 3.28. The topological polar surface area (TPSA) is 78.3 Å². The van der Waals surface area contributed by atoms with Crippen LogP contribution in [0.2, 0.25) is 0 Å². The molecule has 2 aliphatic rings. The van der Waals surface area contributed by atoms with Crippen LogP contribution in [-0.2, 0) is 19.0 Å². The Morgan fingerprint density at radius 2 is 1.82 bits per heavy atom. The fourth-order valence-electron chi connectivity index (χ4n) is 4.09. The molecule has 0 aliphatic heterocycles. The molecule has 0 unspecified atom stereocenters. The summed E-state index contributed by atoms with van der Waals surface area (Å²) in [5, 5.41) is 31.3. The van der Waals surface area contributed by atoms with Crippen molar-refractivity contribution in [3.05, 3.63) is 34.6 Å². The van der Waals surface area contributed by atoms with Gasteiger partial charge in [0.05, 0.1) is 16.7 Å². The van der Waals surface area contributed by atoms with Gasteiger partial charge in [0.1, 0.15) is 17.3 Å². The number of rotatable bonds is 3. The van der Waals surface area contributed by atoms with E-state index in [0.717, 1.165) is 12.0 Å². The van der Waals surface area contributed by atoms with Gasteiger partial charge in [0.2, 0.25) is 0 Å². The SMILES string of the molecule is CC1(O)CC(Nc2nnc(-c3c(O)cc(C(F)(F)F)cc3F)c3c2CCC3)C1. The Kier molecular flexibility index (Phi) is 4.26. The fourth-order valence-corrected chi connectivity index (χ4v) is 4.09. The number of fused-ring (bicyclic) bond motifs is 1. The van der Waals surface area contributed by atoms with Crippen LogP contribution in [0.25, 0.3) is 11.3 Å². The summed E-state index contributed by atoms with van der Waals surface area (Å²) >= 11 is 0. The number of alkyl halides is 3. The first kappa shape index (κ1) is 18.9. The van der Waals surface area contributed by atoms with Crippen LogP contribution < -0.4 is 5.32 Å². The number of aromatic hydroxyl groups is 1. The van der Waals surface area contributed by atoms with E-state index in [4.69, 9.17) is 0 Å². The number of aliphatic hydroxyl groups is 1. The number of nitrogens with one attached hydrogen (secondary N) is 1. The molecule has 150 valence electrons. The summed E-state index contributed by atoms with van der Waals surface area (Å²) in [6.45, 7) is 1.75. The number of benzene rings is 1. The van der Waals surface area contributed by atoms with E-state index in [1.807, 2.05) is 0 Å². The van der Waals surface area contributed by atoms with Crippen LogP contribution in [0.5, 0.6) is 5.75 Å². The highest BCUT2D eigenvalue weighted by molar-refractivity contribution is 5.74. The van der Waals surface area contributed by atoms with E-state index in [2.05, 4.69) is 15.5 Å². The molecule has 5 nitrogen and oxygen atoms in total. The van der Waals surface area contributed by atoms with Crippen LogP contribution >= 0.6 is 0 Å². The molecule has 2 aliphatic carbocycles. The molecular weight excluding hydrogens is 378 g/mol. The summed E-state index contributed by atoms with van der Waals surface area (Å²) in [6, 6.07) is 0.918. The Balaban J connectivity index is 1.71. The largest absolute Gasteiger partial charge is 0.507 e. The van der Waals surface area contributed by atoms with Gasteiger partial charge in [0, 0.05) is 11.6 Å². The molecule has 1 fully saturated rings. The van der Waals surface area contributed by atoms with E-state index in [1.165, 1.54) is 0 Å². The second kappa shape index (κ2) is 6.30. The second-order valence-corrected chi connectivity index (χ2v) is 7.80. The second-order valence-electron chi connectivity index (χ2n) is 7.80. The summed E-state index contributed by atoms with van der Waals surface area (Å²) in [6.07, 6.45) is -1.61. The molecule has 4 rings (SSSR count). The van der Waals surface area contributed by atoms with E-state index in [1.54, 1.807) is 6.92 Å². The Labute approximate surface area is 158 Å². The maximum absolute atomic E-state index is 14.5. The minimum absolute atomic E-state index is 0.0519. The smallest absolute Gasteiger partial charge is 0.416 e. The Hall–Kier alpha value is -2.42. The number of halogens is 4. The zero-order valence-electron chi connectivity index (χ0n) is 15.1. The third-order valence-corrected chi connectivity index (χ3v) is 5.39. The summed E-state index contributed by atoms with van der Waals surface area (Å²) in [5.41, 5.74) is -0.748. The number of hydrogen-bond donors (Lipinski definition) is 3. The fraction of sp³-hybridized carbons (Fsp3) is 0.474. The molecule has 0 atom stereocenters. The van der Waals surface area contributed by atoms with Crippen LogP contribution in [0.15, 0.2) is 12.1 Å². The molecule has 1 heterocycles. The molecule has 2 aromatic rings. The van der Waals surface area contributed by atoms with Crippen LogP contribution in [0, 0.1) is 5.82 Å². The molecule has 1 aromatic carbocycles. The van der Waals surface area contributed by atoms with Gasteiger partial charge in [-0.3, -0.25) is 0 Å². The van der Waals surface area contributed by atoms with E-state index >= 15 is 0 Å². The molecule has 0 spiro atoms. The third-order valence-electron chi connectivity index (χ3n) is 5.39. The van der Waals surface area contributed by atoms with E-state index in [9.17, 15) is 27.8 Å². The number of nitrogens with zero attached hydrogens (tertiary/aromatic N) is 2. The molecule has 28 heavy (non-hydrogen) atoms. The quantitative estimate of drug-likeness (QED) is 0.687. The molecule has 0 saturated heterocycles. The predicted octanol–water partition coefficient (Wildman–Crippen LogP) is 3.82. The molecule has 0 bridgehead atoms. The molecule has 3 N–H and O–H groups in total. The van der Waals surface area contributed by atoms with Gasteiger partial charge in [0.15, 0.2) is 5.82 Å². The van der Waals surface area contributed by atoms with Crippen LogP contribution in [0.3, 0.4) is 0 Å². The van der Waals surface area contributed by atoms with Crippen molar-refractivity contribution in [2.75, 3.05) is 5.32 Å². The molecule has 1 saturated carbocycles. The van der Waals surface area contributed by atoms with Crippen LogP contribution in [0.1, 0.15) is 42.9 Å². The van der Waals surface area contributed by atoms with Crippen molar-refractivity contribution < 1.29 is 27.8 Å². The van der Waals surface area contributed by atoms with Gasteiger partial charge in [-0.15, -0.1) is 10.2 Å². The van der Waals surface area contributed by atoms with E-state index < -0.39 is 28.9 Å². The van der Waals surface area contributed by atoms with Crippen LogP contribution in [0.4, 0.5) is 23.4 Å². The Morgan fingerprint density at radius 3 is 2.43 bits per heavy atom. The van der Waals surface area contributed by atoms with Gasteiger partial charge in [-0.05, 0) is 56.7 Å². The van der Waals surface area contributed by atoms with Gasteiger partial charge in [-0.1, -0.05) is 0 Å². The van der Waals surface area contributed by atoms with Gasteiger partial charge in [-0.25, -0.2) is 4.39 Å². The number of hydrogen-bond acceptors (Lipinski definition) is 5. The van der Waals surface area contributed by atoms with Crippen molar-refractivity contribution in [3.63, 3.8) is 0 Å². The van der Waals surface area contributed by atoms with Gasteiger partial charge in [-0.2, -0.15) is 13.2 Å². The highest BCUT2D eigenvalue weighted by Gasteiger charge is 2.39. The first-order valence-corrected chi connectivity index (χ1v) is 9.02. The lowest BCUT2D eigenvalue weighted by molar-refractivity contribution is -0.137. The lowest BCUT2D eigenvalue weighted by Crippen LogP contribution is -2.48. The Morgan fingerprint density at radius 1 is 1.14 bits per heavy atom. The number of phenolic OH excluding ortho intramolecular Hbond substituents is 1. The maximum atomic E-state index is 14.5. The lowest BCUT2D eigenvalue weighted by Gasteiger charge is -2.41. The Bertz CT molecular complexity index is 913. The molecule has 9 heteroatoms. The average molecular weight is 397 g/mol. The predicted molar refractivity (Wildman–Crippen MR) is 93.4 cm³/mol. The summed E-state index contributed by atoms with van der Waals surface area (Å²) in [4.78, 5) is 0. The van der Waals surface area contributed by atoms with Crippen molar-refractivity contribution in [1.82, 2.24) is 10.2 Å². The standard InChI is InChI=1S/C19H19F4N3O2/c1-18(28)7-10(8-18)24-17-12-4-2-3-11(12)16(25-26-17)15-13(20)5-9(6-14(15)27)19(21,22)23/h5-6,10,27-28H,2-4,7-8H2,1H3,(H,24,26). The zero-order chi connectivity index (χ0) is 20.3. The van der Waals surface area contributed by atoms with Crippen molar-refractivity contribution in [3.8, 4) is 17.0 Å². The van der Waals surface area contributed by atoms with Gasteiger partial charge >= 0.3 is 6.18 Å². The summed E-state index contributed by atoms with van der Waals surface area (Å²) < 4.78 is 53.0.